The lowest BCUT2D eigenvalue weighted by Crippen LogP contribution is -2.49. The number of thiophene rings is 1. The van der Waals surface area contributed by atoms with Crippen LogP contribution in [0.3, 0.4) is 0 Å². The molecule has 0 spiro atoms. The van der Waals surface area contributed by atoms with E-state index in [0.29, 0.717) is 0 Å². The molecule has 94 valence electrons. The van der Waals surface area contributed by atoms with Crippen LogP contribution in [0.5, 0.6) is 0 Å². The lowest BCUT2D eigenvalue weighted by atomic mass is 10.1. The molecule has 0 fully saturated rings. The molecule has 0 atom stereocenters. The van der Waals surface area contributed by atoms with Gasteiger partial charge < -0.3 is 14.9 Å². The fourth-order valence-corrected chi connectivity index (χ4v) is 1.73. The number of aliphatic hydroxyl groups is 2. The van der Waals surface area contributed by atoms with Crippen molar-refractivity contribution in [3.8, 4) is 0 Å². The van der Waals surface area contributed by atoms with Crippen LogP contribution in [0.4, 0.5) is 0 Å². The summed E-state index contributed by atoms with van der Waals surface area (Å²) in [5, 5.41) is 20.6. The summed E-state index contributed by atoms with van der Waals surface area (Å²) in [6.07, 6.45) is 0. The van der Waals surface area contributed by atoms with Crippen LogP contribution in [0, 0.1) is 0 Å². The lowest BCUT2D eigenvalue weighted by Gasteiger charge is -2.24. The van der Waals surface area contributed by atoms with Crippen LogP contribution in [0.1, 0.15) is 30.4 Å². The van der Waals surface area contributed by atoms with Crippen molar-refractivity contribution in [3.05, 3.63) is 22.4 Å². The smallest absolute Gasteiger partial charge is 0.375 e. The van der Waals surface area contributed by atoms with Gasteiger partial charge in [-0.2, -0.15) is 0 Å². The van der Waals surface area contributed by atoms with Gasteiger partial charge in [-0.25, -0.2) is 4.79 Å². The monoisotopic (exact) mass is 258 g/mol. The van der Waals surface area contributed by atoms with Gasteiger partial charge in [0, 0.05) is 0 Å². The van der Waals surface area contributed by atoms with Gasteiger partial charge in [-0.1, -0.05) is 6.07 Å². The highest BCUT2D eigenvalue weighted by molar-refractivity contribution is 7.12. The topological polar surface area (TPSA) is 83.8 Å². The number of carbonyl (C=O) groups excluding carboxylic acids is 2. The first-order chi connectivity index (χ1) is 7.64. The molecule has 1 aromatic heterocycles. The summed E-state index contributed by atoms with van der Waals surface area (Å²) in [5.74, 6) is -5.59. The van der Waals surface area contributed by atoms with Crippen molar-refractivity contribution in [2.75, 3.05) is 0 Å². The standard InChI is InChI=1S/C11H14O5S/c1-10(2,3)16-9(13)11(14,15)8(12)7-5-4-6-17-7/h4-6,14-15H,1-3H3. The third-order valence-electron chi connectivity index (χ3n) is 1.75. The number of ketones is 1. The Bertz CT molecular complexity index is 414. The molecule has 0 saturated heterocycles. The molecular formula is C11H14O5S. The molecular weight excluding hydrogens is 244 g/mol. The molecule has 0 saturated carbocycles. The number of carbonyl (C=O) groups is 2. The molecule has 17 heavy (non-hydrogen) atoms. The Kier molecular flexibility index (Phi) is 3.71. The second-order valence-electron chi connectivity index (χ2n) is 4.48. The van der Waals surface area contributed by atoms with Gasteiger partial charge in [0.25, 0.3) is 0 Å². The molecule has 0 aromatic carbocycles. The molecule has 0 aliphatic carbocycles. The normalized spacial score (nSPS) is 12.3. The SMILES string of the molecule is CC(C)(C)OC(=O)C(O)(O)C(=O)c1cccs1. The molecule has 0 aliphatic rings. The van der Waals surface area contributed by atoms with Gasteiger partial charge in [-0.05, 0) is 32.2 Å². The van der Waals surface area contributed by atoms with Crippen molar-refractivity contribution >= 4 is 23.1 Å². The minimum absolute atomic E-state index is 0.0841. The highest BCUT2D eigenvalue weighted by Gasteiger charge is 2.46. The highest BCUT2D eigenvalue weighted by Crippen LogP contribution is 2.20. The molecule has 2 N–H and O–H groups in total. The predicted octanol–water partition coefficient (Wildman–Crippen LogP) is 0.953. The van der Waals surface area contributed by atoms with E-state index < -0.39 is 23.1 Å². The van der Waals surface area contributed by atoms with Crippen LogP contribution in [0.2, 0.25) is 0 Å². The Labute approximate surface area is 103 Å². The van der Waals surface area contributed by atoms with Crippen LogP contribution in [-0.2, 0) is 9.53 Å². The Hall–Kier alpha value is -1.24. The minimum Gasteiger partial charge on any atom is -0.456 e. The van der Waals surface area contributed by atoms with E-state index in [1.165, 1.54) is 6.07 Å². The van der Waals surface area contributed by atoms with Gasteiger partial charge in [0.05, 0.1) is 4.88 Å². The third-order valence-corrected chi connectivity index (χ3v) is 2.61. The Balaban J connectivity index is 2.88. The summed E-state index contributed by atoms with van der Waals surface area (Å²) in [6, 6.07) is 2.97. The fraction of sp³-hybridized carbons (Fsp3) is 0.455. The predicted molar refractivity (Wildman–Crippen MR) is 61.7 cm³/mol. The molecule has 0 aliphatic heterocycles. The van der Waals surface area contributed by atoms with E-state index in [0.717, 1.165) is 11.3 Å². The third kappa shape index (κ3) is 3.36. The van der Waals surface area contributed by atoms with E-state index in [-0.39, 0.29) is 4.88 Å². The summed E-state index contributed by atoms with van der Waals surface area (Å²) < 4.78 is 4.77. The number of esters is 1. The number of rotatable bonds is 3. The molecule has 1 heterocycles. The van der Waals surface area contributed by atoms with Crippen molar-refractivity contribution in [1.29, 1.82) is 0 Å². The number of Topliss-reactive ketones (excluding diaryl/α,β-unsaturated/α-hetero) is 1. The van der Waals surface area contributed by atoms with Crippen molar-refractivity contribution in [3.63, 3.8) is 0 Å². The first-order valence-corrected chi connectivity index (χ1v) is 5.79. The summed E-state index contributed by atoms with van der Waals surface area (Å²) in [6.45, 7) is 4.70. The summed E-state index contributed by atoms with van der Waals surface area (Å²) in [5.41, 5.74) is -0.899. The van der Waals surface area contributed by atoms with E-state index in [1.807, 2.05) is 0 Å². The zero-order valence-corrected chi connectivity index (χ0v) is 10.6. The Morgan fingerprint density at radius 3 is 2.29 bits per heavy atom. The van der Waals surface area contributed by atoms with Gasteiger partial charge >= 0.3 is 11.8 Å². The molecule has 5 nitrogen and oxygen atoms in total. The number of hydrogen-bond acceptors (Lipinski definition) is 6. The van der Waals surface area contributed by atoms with Crippen molar-refractivity contribution in [2.24, 2.45) is 0 Å². The molecule has 0 amide bonds. The summed E-state index contributed by atoms with van der Waals surface area (Å²) >= 11 is 1.02. The van der Waals surface area contributed by atoms with Crippen molar-refractivity contribution in [1.82, 2.24) is 0 Å². The van der Waals surface area contributed by atoms with Crippen LogP contribution in [0.25, 0.3) is 0 Å². The maximum Gasteiger partial charge on any atom is 0.375 e. The second-order valence-corrected chi connectivity index (χ2v) is 5.43. The van der Waals surface area contributed by atoms with Crippen molar-refractivity contribution in [2.45, 2.75) is 32.2 Å². The lowest BCUT2D eigenvalue weighted by molar-refractivity contribution is -0.202. The number of hydrogen-bond donors (Lipinski definition) is 2. The van der Waals surface area contributed by atoms with Gasteiger partial charge in [-0.3, -0.25) is 4.79 Å². The average Bonchev–Trinajstić information content (AvgIpc) is 2.66. The van der Waals surface area contributed by atoms with E-state index in [9.17, 15) is 19.8 Å². The molecule has 1 aromatic rings. The maximum absolute atomic E-state index is 11.7. The van der Waals surface area contributed by atoms with E-state index in [2.05, 4.69) is 0 Å². The van der Waals surface area contributed by atoms with Gasteiger partial charge in [0.15, 0.2) is 0 Å². The Morgan fingerprint density at radius 1 is 1.29 bits per heavy atom. The Morgan fingerprint density at radius 2 is 1.88 bits per heavy atom. The van der Waals surface area contributed by atoms with Gasteiger partial charge in [-0.15, -0.1) is 11.3 Å². The molecule has 0 bridgehead atoms. The van der Waals surface area contributed by atoms with E-state index in [1.54, 1.807) is 32.2 Å². The van der Waals surface area contributed by atoms with Crippen LogP contribution in [0.15, 0.2) is 17.5 Å². The van der Waals surface area contributed by atoms with Crippen LogP contribution in [-0.4, -0.2) is 33.4 Å². The van der Waals surface area contributed by atoms with Crippen LogP contribution < -0.4 is 0 Å². The number of ether oxygens (including phenoxy) is 1. The summed E-state index contributed by atoms with van der Waals surface area (Å²) in [7, 11) is 0. The van der Waals surface area contributed by atoms with Gasteiger partial charge in [0.1, 0.15) is 5.60 Å². The van der Waals surface area contributed by atoms with Gasteiger partial charge in [0.2, 0.25) is 5.78 Å². The largest absolute Gasteiger partial charge is 0.456 e. The molecule has 0 unspecified atom stereocenters. The van der Waals surface area contributed by atoms with Crippen LogP contribution >= 0.6 is 11.3 Å². The molecule has 0 radical (unpaired) electrons. The molecule has 1 rings (SSSR count). The summed E-state index contributed by atoms with van der Waals surface area (Å²) in [4.78, 5) is 23.2. The zero-order chi connectivity index (χ0) is 13.3. The van der Waals surface area contributed by atoms with E-state index >= 15 is 0 Å². The first kappa shape index (κ1) is 13.8. The first-order valence-electron chi connectivity index (χ1n) is 4.91. The van der Waals surface area contributed by atoms with Crippen molar-refractivity contribution < 1.29 is 24.5 Å². The zero-order valence-electron chi connectivity index (χ0n) is 9.76. The fourth-order valence-electron chi connectivity index (χ4n) is 1.02. The second kappa shape index (κ2) is 4.56. The highest BCUT2D eigenvalue weighted by atomic mass is 32.1. The molecule has 6 heteroatoms. The maximum atomic E-state index is 11.7. The average molecular weight is 258 g/mol. The quantitative estimate of drug-likeness (QED) is 0.365. The van der Waals surface area contributed by atoms with E-state index in [4.69, 9.17) is 4.74 Å². The minimum atomic E-state index is -3.14.